The largest absolute Gasteiger partial charge is 0.330 e. The number of hydrogen-bond acceptors (Lipinski definition) is 2. The van der Waals surface area contributed by atoms with Crippen LogP contribution in [0.4, 0.5) is 0 Å². The standard InChI is InChI=1S/C15H24N2/c1-13-7-3-4-8-15(13)14(11-16)12-17-9-5-2-6-10-17/h3-4,7-8,14H,2,5-6,9-12,16H2,1H3. The molecule has 1 aliphatic rings. The summed E-state index contributed by atoms with van der Waals surface area (Å²) in [5.41, 5.74) is 8.77. The minimum Gasteiger partial charge on any atom is -0.330 e. The van der Waals surface area contributed by atoms with Crippen LogP contribution in [0.2, 0.25) is 0 Å². The van der Waals surface area contributed by atoms with Gasteiger partial charge in [-0.1, -0.05) is 30.7 Å². The summed E-state index contributed by atoms with van der Waals surface area (Å²) in [5, 5.41) is 0. The van der Waals surface area contributed by atoms with Crippen LogP contribution in [-0.2, 0) is 0 Å². The van der Waals surface area contributed by atoms with Gasteiger partial charge < -0.3 is 10.6 Å². The Morgan fingerprint density at radius 2 is 1.88 bits per heavy atom. The molecule has 0 spiro atoms. The van der Waals surface area contributed by atoms with Crippen molar-refractivity contribution in [1.82, 2.24) is 4.90 Å². The predicted molar refractivity (Wildman–Crippen MR) is 73.3 cm³/mol. The number of piperidine rings is 1. The molecule has 0 aromatic heterocycles. The number of benzene rings is 1. The van der Waals surface area contributed by atoms with Crippen LogP contribution >= 0.6 is 0 Å². The smallest absolute Gasteiger partial charge is 0.00914 e. The zero-order valence-electron chi connectivity index (χ0n) is 10.9. The predicted octanol–water partition coefficient (Wildman–Crippen LogP) is 2.52. The Balaban J connectivity index is 2.03. The van der Waals surface area contributed by atoms with Crippen LogP contribution < -0.4 is 5.73 Å². The van der Waals surface area contributed by atoms with E-state index < -0.39 is 0 Å². The van der Waals surface area contributed by atoms with Crippen molar-refractivity contribution >= 4 is 0 Å². The molecule has 1 saturated heterocycles. The highest BCUT2D eigenvalue weighted by Crippen LogP contribution is 2.21. The van der Waals surface area contributed by atoms with Crippen LogP contribution in [0.1, 0.15) is 36.3 Å². The summed E-state index contributed by atoms with van der Waals surface area (Å²) in [6, 6.07) is 8.65. The molecule has 2 rings (SSSR count). The van der Waals surface area contributed by atoms with Gasteiger partial charge in [0.05, 0.1) is 0 Å². The van der Waals surface area contributed by atoms with Gasteiger partial charge in [0.15, 0.2) is 0 Å². The minimum absolute atomic E-state index is 0.495. The van der Waals surface area contributed by atoms with E-state index in [2.05, 4.69) is 36.1 Å². The van der Waals surface area contributed by atoms with Crippen molar-refractivity contribution in [3.05, 3.63) is 35.4 Å². The molecule has 0 saturated carbocycles. The lowest BCUT2D eigenvalue weighted by atomic mass is 9.94. The summed E-state index contributed by atoms with van der Waals surface area (Å²) < 4.78 is 0. The quantitative estimate of drug-likeness (QED) is 0.864. The highest BCUT2D eigenvalue weighted by Gasteiger charge is 2.17. The lowest BCUT2D eigenvalue weighted by molar-refractivity contribution is 0.216. The topological polar surface area (TPSA) is 29.3 Å². The third-order valence-corrected chi connectivity index (χ3v) is 3.84. The number of rotatable bonds is 4. The number of nitrogens with zero attached hydrogens (tertiary/aromatic N) is 1. The fourth-order valence-electron chi connectivity index (χ4n) is 2.80. The first-order chi connectivity index (χ1) is 8.31. The van der Waals surface area contributed by atoms with E-state index in [0.29, 0.717) is 5.92 Å². The van der Waals surface area contributed by atoms with Crippen molar-refractivity contribution in [3.63, 3.8) is 0 Å². The SMILES string of the molecule is Cc1ccccc1C(CN)CN1CCCCC1. The van der Waals surface area contributed by atoms with Gasteiger partial charge in [0.2, 0.25) is 0 Å². The fourth-order valence-corrected chi connectivity index (χ4v) is 2.80. The first-order valence-electron chi connectivity index (χ1n) is 6.79. The van der Waals surface area contributed by atoms with Crippen LogP contribution in [0, 0.1) is 6.92 Å². The van der Waals surface area contributed by atoms with E-state index >= 15 is 0 Å². The Bertz CT molecular complexity index is 343. The molecular formula is C15H24N2. The highest BCUT2D eigenvalue weighted by atomic mass is 15.1. The van der Waals surface area contributed by atoms with Crippen LogP contribution in [0.5, 0.6) is 0 Å². The molecule has 1 atom stereocenters. The Labute approximate surface area is 105 Å². The van der Waals surface area contributed by atoms with Crippen molar-refractivity contribution in [2.45, 2.75) is 32.1 Å². The van der Waals surface area contributed by atoms with Gasteiger partial charge in [0.1, 0.15) is 0 Å². The van der Waals surface area contributed by atoms with Crippen molar-refractivity contribution in [1.29, 1.82) is 0 Å². The summed E-state index contributed by atoms with van der Waals surface area (Å²) in [6.45, 7) is 6.57. The van der Waals surface area contributed by atoms with Crippen LogP contribution in [0.3, 0.4) is 0 Å². The van der Waals surface area contributed by atoms with Crippen LogP contribution in [0.15, 0.2) is 24.3 Å². The van der Waals surface area contributed by atoms with E-state index in [9.17, 15) is 0 Å². The monoisotopic (exact) mass is 232 g/mol. The number of aryl methyl sites for hydroxylation is 1. The van der Waals surface area contributed by atoms with E-state index in [1.165, 1.54) is 43.5 Å². The van der Waals surface area contributed by atoms with Crippen molar-refractivity contribution in [2.75, 3.05) is 26.2 Å². The molecule has 0 bridgehead atoms. The summed E-state index contributed by atoms with van der Waals surface area (Å²) in [7, 11) is 0. The van der Waals surface area contributed by atoms with E-state index in [0.717, 1.165) is 13.1 Å². The lowest BCUT2D eigenvalue weighted by Crippen LogP contribution is -2.35. The molecule has 0 radical (unpaired) electrons. The number of nitrogens with two attached hydrogens (primary N) is 1. The Kier molecular flexibility index (Phi) is 4.57. The maximum Gasteiger partial charge on any atom is 0.00914 e. The van der Waals surface area contributed by atoms with Crippen molar-refractivity contribution in [2.24, 2.45) is 5.73 Å². The van der Waals surface area contributed by atoms with E-state index in [4.69, 9.17) is 5.73 Å². The third-order valence-electron chi connectivity index (χ3n) is 3.84. The number of hydrogen-bond donors (Lipinski definition) is 1. The second-order valence-electron chi connectivity index (χ2n) is 5.15. The van der Waals surface area contributed by atoms with Gasteiger partial charge in [-0.05, 0) is 44.0 Å². The highest BCUT2D eigenvalue weighted by molar-refractivity contribution is 5.29. The fraction of sp³-hybridized carbons (Fsp3) is 0.600. The Morgan fingerprint density at radius 3 is 2.53 bits per heavy atom. The Hall–Kier alpha value is -0.860. The normalized spacial score (nSPS) is 19.2. The second kappa shape index (κ2) is 6.18. The maximum absolute atomic E-state index is 5.96. The third kappa shape index (κ3) is 3.30. The molecule has 1 aromatic rings. The van der Waals surface area contributed by atoms with Gasteiger partial charge in [0, 0.05) is 19.0 Å². The zero-order chi connectivity index (χ0) is 12.1. The Morgan fingerprint density at radius 1 is 1.18 bits per heavy atom. The average Bonchev–Trinajstić information content (AvgIpc) is 2.38. The van der Waals surface area contributed by atoms with Crippen molar-refractivity contribution in [3.8, 4) is 0 Å². The zero-order valence-corrected chi connectivity index (χ0v) is 10.9. The van der Waals surface area contributed by atoms with Gasteiger partial charge in [-0.25, -0.2) is 0 Å². The molecule has 1 aliphatic heterocycles. The van der Waals surface area contributed by atoms with Gasteiger partial charge in [-0.3, -0.25) is 0 Å². The molecule has 1 fully saturated rings. The molecule has 2 heteroatoms. The van der Waals surface area contributed by atoms with Crippen molar-refractivity contribution < 1.29 is 0 Å². The molecule has 1 aromatic carbocycles. The summed E-state index contributed by atoms with van der Waals surface area (Å²) in [6.07, 6.45) is 4.10. The molecule has 0 amide bonds. The maximum atomic E-state index is 5.96. The molecule has 1 heterocycles. The summed E-state index contributed by atoms with van der Waals surface area (Å²) in [5.74, 6) is 0.495. The van der Waals surface area contributed by atoms with Gasteiger partial charge in [-0.15, -0.1) is 0 Å². The van der Waals surface area contributed by atoms with Crippen LogP contribution in [0.25, 0.3) is 0 Å². The molecule has 2 nitrogen and oxygen atoms in total. The number of likely N-dealkylation sites (tertiary alicyclic amines) is 1. The van der Waals surface area contributed by atoms with Gasteiger partial charge >= 0.3 is 0 Å². The molecule has 17 heavy (non-hydrogen) atoms. The molecular weight excluding hydrogens is 208 g/mol. The molecule has 1 unspecified atom stereocenters. The molecule has 94 valence electrons. The first-order valence-corrected chi connectivity index (χ1v) is 6.79. The second-order valence-corrected chi connectivity index (χ2v) is 5.15. The van der Waals surface area contributed by atoms with Gasteiger partial charge in [-0.2, -0.15) is 0 Å². The van der Waals surface area contributed by atoms with E-state index in [1.54, 1.807) is 0 Å². The average molecular weight is 232 g/mol. The van der Waals surface area contributed by atoms with E-state index in [-0.39, 0.29) is 0 Å². The summed E-state index contributed by atoms with van der Waals surface area (Å²) in [4.78, 5) is 2.58. The lowest BCUT2D eigenvalue weighted by Gasteiger charge is -2.30. The van der Waals surface area contributed by atoms with Gasteiger partial charge in [0.25, 0.3) is 0 Å². The molecule has 0 aliphatic carbocycles. The first kappa shape index (κ1) is 12.6. The van der Waals surface area contributed by atoms with Crippen LogP contribution in [-0.4, -0.2) is 31.1 Å². The molecule has 2 N–H and O–H groups in total. The minimum atomic E-state index is 0.495. The van der Waals surface area contributed by atoms with E-state index in [1.807, 2.05) is 0 Å². The summed E-state index contributed by atoms with van der Waals surface area (Å²) >= 11 is 0.